The van der Waals surface area contributed by atoms with Crippen LogP contribution < -0.4 is 4.72 Å². The lowest BCUT2D eigenvalue weighted by atomic mass is 10.1. The normalized spacial score (nSPS) is 11.8. The first-order valence-electron chi connectivity index (χ1n) is 9.12. The van der Waals surface area contributed by atoms with E-state index in [2.05, 4.69) is 14.7 Å². The Morgan fingerprint density at radius 2 is 1.71 bits per heavy atom. The molecule has 0 fully saturated rings. The van der Waals surface area contributed by atoms with Crippen LogP contribution in [0.1, 0.15) is 11.1 Å². The van der Waals surface area contributed by atoms with Crippen LogP contribution in [-0.2, 0) is 16.4 Å². The van der Waals surface area contributed by atoms with E-state index in [0.717, 1.165) is 22.5 Å². The van der Waals surface area contributed by atoms with Crippen LogP contribution in [-0.4, -0.2) is 24.9 Å². The van der Waals surface area contributed by atoms with Gasteiger partial charge in [0.25, 0.3) is 0 Å². The maximum Gasteiger partial charge on any atom is 0.240 e. The van der Waals surface area contributed by atoms with Gasteiger partial charge >= 0.3 is 0 Å². The summed E-state index contributed by atoms with van der Waals surface area (Å²) in [5, 5.41) is 0. The van der Waals surface area contributed by atoms with Crippen LogP contribution in [0.4, 0.5) is 0 Å². The minimum absolute atomic E-state index is 0.229. The number of hydrogen-bond acceptors (Lipinski definition) is 3. The Bertz CT molecular complexity index is 1200. The lowest BCUT2D eigenvalue weighted by Gasteiger charge is -2.07. The van der Waals surface area contributed by atoms with E-state index in [1.165, 1.54) is 5.56 Å². The molecular weight excluding hydrogens is 370 g/mol. The van der Waals surface area contributed by atoms with Gasteiger partial charge in [-0.2, -0.15) is 0 Å². The fourth-order valence-electron chi connectivity index (χ4n) is 3.06. The van der Waals surface area contributed by atoms with E-state index in [9.17, 15) is 8.42 Å². The highest BCUT2D eigenvalue weighted by Crippen LogP contribution is 2.22. The highest BCUT2D eigenvalue weighted by Gasteiger charge is 2.15. The molecule has 3 aromatic carbocycles. The summed E-state index contributed by atoms with van der Waals surface area (Å²) in [6.45, 7) is 2.38. The minimum Gasteiger partial charge on any atom is -0.338 e. The molecule has 6 heteroatoms. The Morgan fingerprint density at radius 1 is 0.964 bits per heavy atom. The van der Waals surface area contributed by atoms with Crippen molar-refractivity contribution < 1.29 is 8.42 Å². The molecule has 0 saturated carbocycles. The molecule has 0 spiro atoms. The van der Waals surface area contributed by atoms with E-state index >= 15 is 0 Å². The monoisotopic (exact) mass is 391 g/mol. The number of fused-ring (bicyclic) bond motifs is 1. The fraction of sp³-hybridized carbons (Fsp3) is 0.136. The molecule has 1 heterocycles. The van der Waals surface area contributed by atoms with Crippen molar-refractivity contribution in [3.05, 3.63) is 83.9 Å². The van der Waals surface area contributed by atoms with Gasteiger partial charge in [0.15, 0.2) is 0 Å². The number of rotatable bonds is 6. The molecule has 4 aromatic rings. The van der Waals surface area contributed by atoms with Crippen LogP contribution in [0.25, 0.3) is 22.4 Å². The molecule has 2 N–H and O–H groups in total. The largest absolute Gasteiger partial charge is 0.338 e. The van der Waals surface area contributed by atoms with Crippen molar-refractivity contribution in [3.8, 4) is 11.4 Å². The summed E-state index contributed by atoms with van der Waals surface area (Å²) in [7, 11) is -3.58. The van der Waals surface area contributed by atoms with Gasteiger partial charge in [-0.05, 0) is 37.1 Å². The molecule has 0 aliphatic rings. The second-order valence-electron chi connectivity index (χ2n) is 6.76. The van der Waals surface area contributed by atoms with E-state index in [1.54, 1.807) is 18.2 Å². The molecule has 1 aromatic heterocycles. The SMILES string of the molecule is Cc1ccc(CCNS(=O)(=O)c2ccc3nc(-c4ccccc4)[nH]c3c2)cc1. The van der Waals surface area contributed by atoms with Crippen molar-refractivity contribution in [3.63, 3.8) is 0 Å². The molecule has 0 aliphatic carbocycles. The van der Waals surface area contributed by atoms with Crippen molar-refractivity contribution in [1.82, 2.24) is 14.7 Å². The van der Waals surface area contributed by atoms with Gasteiger partial charge in [0.2, 0.25) is 10.0 Å². The summed E-state index contributed by atoms with van der Waals surface area (Å²) in [6, 6.07) is 22.8. The zero-order valence-electron chi connectivity index (χ0n) is 15.5. The molecule has 28 heavy (non-hydrogen) atoms. The molecule has 142 valence electrons. The third-order valence-electron chi connectivity index (χ3n) is 4.64. The second kappa shape index (κ2) is 7.58. The Kier molecular flexibility index (Phi) is 4.98. The van der Waals surface area contributed by atoms with Gasteiger partial charge in [0, 0.05) is 12.1 Å². The molecule has 5 nitrogen and oxygen atoms in total. The average Bonchev–Trinajstić information content (AvgIpc) is 3.13. The number of sulfonamides is 1. The van der Waals surface area contributed by atoms with Gasteiger partial charge < -0.3 is 4.98 Å². The van der Waals surface area contributed by atoms with E-state index in [0.29, 0.717) is 18.5 Å². The van der Waals surface area contributed by atoms with Gasteiger partial charge in [-0.15, -0.1) is 0 Å². The fourth-order valence-corrected chi connectivity index (χ4v) is 4.11. The van der Waals surface area contributed by atoms with E-state index in [1.807, 2.05) is 61.5 Å². The molecular formula is C22H21N3O2S. The Hall–Kier alpha value is -2.96. The highest BCUT2D eigenvalue weighted by molar-refractivity contribution is 7.89. The molecule has 0 atom stereocenters. The number of hydrogen-bond donors (Lipinski definition) is 2. The summed E-state index contributed by atoms with van der Waals surface area (Å²) in [4.78, 5) is 7.98. The van der Waals surface area contributed by atoms with Crippen LogP contribution in [0, 0.1) is 6.92 Å². The van der Waals surface area contributed by atoms with Crippen molar-refractivity contribution in [1.29, 1.82) is 0 Å². The second-order valence-corrected chi connectivity index (χ2v) is 8.53. The number of aryl methyl sites for hydroxylation is 1. The summed E-state index contributed by atoms with van der Waals surface area (Å²) in [6.07, 6.45) is 0.643. The van der Waals surface area contributed by atoms with Crippen LogP contribution >= 0.6 is 0 Å². The van der Waals surface area contributed by atoms with E-state index < -0.39 is 10.0 Å². The molecule has 0 radical (unpaired) electrons. The van der Waals surface area contributed by atoms with Crippen molar-refractivity contribution in [2.75, 3.05) is 6.54 Å². The van der Waals surface area contributed by atoms with Gasteiger partial charge in [-0.25, -0.2) is 18.1 Å². The van der Waals surface area contributed by atoms with E-state index in [4.69, 9.17) is 0 Å². The quantitative estimate of drug-likeness (QED) is 0.520. The average molecular weight is 391 g/mol. The number of nitrogens with zero attached hydrogens (tertiary/aromatic N) is 1. The first-order valence-corrected chi connectivity index (χ1v) is 10.6. The van der Waals surface area contributed by atoms with Crippen LogP contribution in [0.5, 0.6) is 0 Å². The standard InChI is InChI=1S/C22H21N3O2S/c1-16-7-9-17(10-8-16)13-14-23-28(26,27)19-11-12-20-21(15-19)25-22(24-20)18-5-3-2-4-6-18/h2-12,15,23H,13-14H2,1H3,(H,24,25). The number of aromatic amines is 1. The van der Waals surface area contributed by atoms with Crippen LogP contribution in [0.3, 0.4) is 0 Å². The Morgan fingerprint density at radius 3 is 2.46 bits per heavy atom. The Balaban J connectivity index is 1.51. The first kappa shape index (κ1) is 18.4. The number of benzene rings is 3. The van der Waals surface area contributed by atoms with Crippen molar-refractivity contribution in [2.24, 2.45) is 0 Å². The predicted octanol–water partition coefficient (Wildman–Crippen LogP) is 4.06. The number of imidazole rings is 1. The molecule has 0 unspecified atom stereocenters. The maximum atomic E-state index is 12.7. The van der Waals surface area contributed by atoms with Gasteiger partial charge in [0.05, 0.1) is 15.9 Å². The number of nitrogens with one attached hydrogen (secondary N) is 2. The molecule has 0 amide bonds. The number of H-pyrrole nitrogens is 1. The lowest BCUT2D eigenvalue weighted by Crippen LogP contribution is -2.26. The summed E-state index contributed by atoms with van der Waals surface area (Å²) in [5.74, 6) is 0.720. The van der Waals surface area contributed by atoms with Gasteiger partial charge in [0.1, 0.15) is 5.82 Å². The predicted molar refractivity (Wildman–Crippen MR) is 112 cm³/mol. The third-order valence-corrected chi connectivity index (χ3v) is 6.10. The highest BCUT2D eigenvalue weighted by atomic mass is 32.2. The maximum absolute atomic E-state index is 12.7. The first-order chi connectivity index (χ1) is 13.5. The zero-order valence-corrected chi connectivity index (χ0v) is 16.3. The third kappa shape index (κ3) is 3.98. The Labute approximate surface area is 164 Å². The van der Waals surface area contributed by atoms with Gasteiger partial charge in [-0.3, -0.25) is 0 Å². The summed E-state index contributed by atoms with van der Waals surface area (Å²) >= 11 is 0. The molecule has 0 saturated heterocycles. The van der Waals surface area contributed by atoms with Crippen molar-refractivity contribution in [2.45, 2.75) is 18.2 Å². The zero-order chi connectivity index (χ0) is 19.6. The smallest absolute Gasteiger partial charge is 0.240 e. The summed E-state index contributed by atoms with van der Waals surface area (Å²) in [5.41, 5.74) is 4.67. The lowest BCUT2D eigenvalue weighted by molar-refractivity contribution is 0.582. The van der Waals surface area contributed by atoms with Gasteiger partial charge in [-0.1, -0.05) is 60.2 Å². The molecule has 0 bridgehead atoms. The van der Waals surface area contributed by atoms with Crippen LogP contribution in [0.15, 0.2) is 77.7 Å². The van der Waals surface area contributed by atoms with Crippen LogP contribution in [0.2, 0.25) is 0 Å². The molecule has 4 rings (SSSR count). The van der Waals surface area contributed by atoms with Crippen molar-refractivity contribution >= 4 is 21.1 Å². The molecule has 0 aliphatic heterocycles. The number of aromatic nitrogens is 2. The minimum atomic E-state index is -3.58. The van der Waals surface area contributed by atoms with E-state index in [-0.39, 0.29) is 4.90 Å². The summed E-state index contributed by atoms with van der Waals surface area (Å²) < 4.78 is 28.0. The topological polar surface area (TPSA) is 74.8 Å².